The molecule has 8 nitrogen and oxygen atoms in total. The van der Waals surface area contributed by atoms with Crippen LogP contribution in [0.1, 0.15) is 27.2 Å². The number of pyridine rings is 1. The maximum absolute atomic E-state index is 15.4. The van der Waals surface area contributed by atoms with E-state index in [2.05, 4.69) is 20.3 Å². The van der Waals surface area contributed by atoms with Gasteiger partial charge in [0.25, 0.3) is 0 Å². The van der Waals surface area contributed by atoms with Gasteiger partial charge in [0, 0.05) is 36.7 Å². The van der Waals surface area contributed by atoms with E-state index in [0.29, 0.717) is 29.6 Å². The Hall–Kier alpha value is -3.47. The van der Waals surface area contributed by atoms with Gasteiger partial charge >= 0.3 is 0 Å². The summed E-state index contributed by atoms with van der Waals surface area (Å²) in [7, 11) is -2.40. The third-order valence-corrected chi connectivity index (χ3v) is 6.65. The minimum atomic E-state index is -3.78. The molecule has 3 aromatic rings. The van der Waals surface area contributed by atoms with Crippen LogP contribution in [0.15, 0.2) is 36.5 Å². The molecule has 1 unspecified atom stereocenters. The molecule has 1 aromatic heterocycles. The second-order valence-corrected chi connectivity index (χ2v) is 10.00. The lowest BCUT2D eigenvalue weighted by molar-refractivity contribution is -0.119. The summed E-state index contributed by atoms with van der Waals surface area (Å²) in [5.74, 6) is -1.48. The first kappa shape index (κ1) is 26.1. The highest BCUT2D eigenvalue weighted by Gasteiger charge is 2.22. The number of aromatic nitrogens is 1. The maximum Gasteiger partial charge on any atom is 0.232 e. The van der Waals surface area contributed by atoms with Gasteiger partial charge in [-0.2, -0.15) is 0 Å². The Morgan fingerprint density at radius 1 is 1.17 bits per heavy atom. The molecule has 0 fully saturated rings. The fourth-order valence-electron chi connectivity index (χ4n) is 3.65. The Kier molecular flexibility index (Phi) is 8.11. The molecule has 0 aliphatic rings. The molecule has 0 aliphatic heterocycles. The Morgan fingerprint density at radius 2 is 1.91 bits per heavy atom. The van der Waals surface area contributed by atoms with Gasteiger partial charge in [-0.15, -0.1) is 0 Å². The monoisotopic (exact) mass is 506 g/mol. The standard InChI is InChI=1S/C24H28F2N4O4S/c1-5-8-35(32,33)30-20-7-6-19(25)23(24(20)26)18-9-17-13-28-22(11-16(17)10-21(18)34-4)27-12-14(2)29-15(3)31/h6-7,9-11,13-14,30H,5,8,12H2,1-4H3,(H,27,28)(H,29,31). The summed E-state index contributed by atoms with van der Waals surface area (Å²) < 4.78 is 62.0. The average Bonchev–Trinajstić information content (AvgIpc) is 2.78. The third kappa shape index (κ3) is 6.36. The van der Waals surface area contributed by atoms with Crippen LogP contribution in [0.25, 0.3) is 21.9 Å². The lowest BCUT2D eigenvalue weighted by atomic mass is 9.99. The number of halogens is 2. The molecule has 35 heavy (non-hydrogen) atoms. The van der Waals surface area contributed by atoms with Crippen molar-refractivity contribution in [1.29, 1.82) is 0 Å². The highest BCUT2D eigenvalue weighted by Crippen LogP contribution is 2.39. The topological polar surface area (TPSA) is 109 Å². The van der Waals surface area contributed by atoms with E-state index in [1.54, 1.807) is 25.3 Å². The van der Waals surface area contributed by atoms with Crippen LogP contribution < -0.4 is 20.1 Å². The third-order valence-electron chi connectivity index (χ3n) is 5.18. The summed E-state index contributed by atoms with van der Waals surface area (Å²) in [4.78, 5) is 15.5. The van der Waals surface area contributed by atoms with E-state index in [9.17, 15) is 17.6 Å². The quantitative estimate of drug-likeness (QED) is 0.379. The van der Waals surface area contributed by atoms with Crippen LogP contribution in [-0.4, -0.2) is 44.8 Å². The van der Waals surface area contributed by atoms with Crippen LogP contribution in [0.4, 0.5) is 20.3 Å². The minimum Gasteiger partial charge on any atom is -0.496 e. The Labute approximate surface area is 203 Å². The number of carbonyl (C=O) groups is 1. The highest BCUT2D eigenvalue weighted by molar-refractivity contribution is 7.92. The maximum atomic E-state index is 15.4. The van der Waals surface area contributed by atoms with E-state index in [4.69, 9.17) is 4.74 Å². The second kappa shape index (κ2) is 10.9. The smallest absolute Gasteiger partial charge is 0.232 e. The second-order valence-electron chi connectivity index (χ2n) is 8.16. The molecule has 188 valence electrons. The number of sulfonamides is 1. The van der Waals surface area contributed by atoms with Gasteiger partial charge in [-0.25, -0.2) is 22.2 Å². The summed E-state index contributed by atoms with van der Waals surface area (Å²) in [6, 6.07) is 6.86. The summed E-state index contributed by atoms with van der Waals surface area (Å²) in [6.45, 7) is 5.43. The lowest BCUT2D eigenvalue weighted by Crippen LogP contribution is -2.35. The molecule has 0 radical (unpaired) electrons. The SMILES string of the molecule is CCCS(=O)(=O)Nc1ccc(F)c(-c2cc3cnc(NCC(C)NC(C)=O)cc3cc2OC)c1F. The van der Waals surface area contributed by atoms with Crippen molar-refractivity contribution in [3.8, 4) is 16.9 Å². The summed E-state index contributed by atoms with van der Waals surface area (Å²) in [6.07, 6.45) is 1.90. The van der Waals surface area contributed by atoms with E-state index < -0.39 is 27.2 Å². The molecule has 2 aromatic carbocycles. The fourth-order valence-corrected chi connectivity index (χ4v) is 4.79. The number of fused-ring (bicyclic) bond motifs is 1. The molecule has 0 saturated heterocycles. The Morgan fingerprint density at radius 3 is 2.57 bits per heavy atom. The zero-order valence-electron chi connectivity index (χ0n) is 19.9. The number of amides is 1. The lowest BCUT2D eigenvalue weighted by Gasteiger charge is -2.16. The number of rotatable bonds is 10. The first-order chi connectivity index (χ1) is 16.5. The number of hydrogen-bond donors (Lipinski definition) is 3. The summed E-state index contributed by atoms with van der Waals surface area (Å²) in [5.41, 5.74) is -0.636. The van der Waals surface area contributed by atoms with E-state index in [1.165, 1.54) is 20.1 Å². The predicted octanol–water partition coefficient (Wildman–Crippen LogP) is 4.28. The van der Waals surface area contributed by atoms with Crippen molar-refractivity contribution in [2.24, 2.45) is 0 Å². The molecule has 11 heteroatoms. The molecule has 1 atom stereocenters. The van der Waals surface area contributed by atoms with Crippen molar-refractivity contribution in [3.05, 3.63) is 48.2 Å². The molecule has 0 saturated carbocycles. The molecule has 0 bridgehead atoms. The van der Waals surface area contributed by atoms with E-state index in [1.807, 2.05) is 6.92 Å². The number of benzene rings is 2. The van der Waals surface area contributed by atoms with E-state index in [-0.39, 0.29) is 34.7 Å². The van der Waals surface area contributed by atoms with Gasteiger partial charge in [0.1, 0.15) is 17.4 Å². The summed E-state index contributed by atoms with van der Waals surface area (Å²) in [5, 5.41) is 7.20. The van der Waals surface area contributed by atoms with Crippen molar-refractivity contribution < 1.29 is 26.7 Å². The average molecular weight is 507 g/mol. The number of hydrogen-bond acceptors (Lipinski definition) is 6. The Balaban J connectivity index is 2.00. The molecule has 1 heterocycles. The number of nitrogens with zero attached hydrogens (tertiary/aromatic N) is 1. The molecule has 3 N–H and O–H groups in total. The summed E-state index contributed by atoms with van der Waals surface area (Å²) >= 11 is 0. The van der Waals surface area contributed by atoms with Crippen LogP contribution in [0.3, 0.4) is 0 Å². The van der Waals surface area contributed by atoms with Crippen molar-refractivity contribution >= 4 is 38.2 Å². The van der Waals surface area contributed by atoms with Gasteiger partial charge in [-0.3, -0.25) is 9.52 Å². The largest absolute Gasteiger partial charge is 0.496 e. The van der Waals surface area contributed by atoms with Gasteiger partial charge in [-0.1, -0.05) is 6.92 Å². The number of ether oxygens (including phenoxy) is 1. The van der Waals surface area contributed by atoms with Gasteiger partial charge in [0.05, 0.1) is 24.1 Å². The van der Waals surface area contributed by atoms with Crippen LogP contribution >= 0.6 is 0 Å². The van der Waals surface area contributed by atoms with E-state index in [0.717, 1.165) is 12.1 Å². The number of anilines is 2. The molecule has 0 spiro atoms. The van der Waals surface area contributed by atoms with Gasteiger partial charge in [-0.05, 0) is 49.1 Å². The first-order valence-corrected chi connectivity index (χ1v) is 12.7. The zero-order chi connectivity index (χ0) is 25.8. The number of carbonyl (C=O) groups excluding carboxylic acids is 1. The van der Waals surface area contributed by atoms with Crippen LogP contribution in [0, 0.1) is 11.6 Å². The van der Waals surface area contributed by atoms with Crippen molar-refractivity contribution in [1.82, 2.24) is 10.3 Å². The molecule has 0 aliphatic carbocycles. The number of nitrogens with one attached hydrogen (secondary N) is 3. The molecular weight excluding hydrogens is 478 g/mol. The Bertz CT molecular complexity index is 1350. The first-order valence-electron chi connectivity index (χ1n) is 11.0. The van der Waals surface area contributed by atoms with Gasteiger partial charge < -0.3 is 15.4 Å². The molecular formula is C24H28F2N4O4S. The minimum absolute atomic E-state index is 0.116. The molecule has 1 amide bonds. The predicted molar refractivity (Wildman–Crippen MR) is 133 cm³/mol. The van der Waals surface area contributed by atoms with Crippen LogP contribution in [-0.2, 0) is 14.8 Å². The van der Waals surface area contributed by atoms with Gasteiger partial charge in [0.15, 0.2) is 5.82 Å². The molecule has 3 rings (SSSR count). The van der Waals surface area contributed by atoms with Crippen molar-refractivity contribution in [2.45, 2.75) is 33.2 Å². The fraction of sp³-hybridized carbons (Fsp3) is 0.333. The number of methoxy groups -OCH3 is 1. The zero-order valence-corrected chi connectivity index (χ0v) is 20.7. The van der Waals surface area contributed by atoms with Crippen LogP contribution in [0.5, 0.6) is 5.75 Å². The van der Waals surface area contributed by atoms with E-state index >= 15 is 4.39 Å². The van der Waals surface area contributed by atoms with Crippen LogP contribution in [0.2, 0.25) is 0 Å². The van der Waals surface area contributed by atoms with Gasteiger partial charge in [0.2, 0.25) is 15.9 Å². The van der Waals surface area contributed by atoms with Crippen molar-refractivity contribution in [2.75, 3.05) is 29.4 Å². The highest BCUT2D eigenvalue weighted by atomic mass is 32.2. The van der Waals surface area contributed by atoms with Crippen molar-refractivity contribution in [3.63, 3.8) is 0 Å². The normalized spacial score (nSPS) is 12.3.